The Morgan fingerprint density at radius 3 is 2.67 bits per heavy atom. The van der Waals surface area contributed by atoms with Crippen molar-refractivity contribution in [2.75, 3.05) is 26.2 Å². The molecule has 3 atom stereocenters. The first kappa shape index (κ1) is 23.5. The van der Waals surface area contributed by atoms with Crippen molar-refractivity contribution in [3.05, 3.63) is 57.8 Å². The van der Waals surface area contributed by atoms with Crippen LogP contribution in [-0.4, -0.2) is 53.8 Å². The molecule has 4 rings (SSSR count). The number of benzene rings is 1. The van der Waals surface area contributed by atoms with Gasteiger partial charge in [-0.1, -0.05) is 38.1 Å². The molecular formula is C26H32N2O4S. The van der Waals surface area contributed by atoms with Crippen LogP contribution in [-0.2, 0) is 14.3 Å². The normalized spacial score (nSPS) is 22.9. The molecule has 2 aliphatic heterocycles. The third-order valence-electron chi connectivity index (χ3n) is 6.45. The molecular weight excluding hydrogens is 436 g/mol. The Bertz CT molecular complexity index is 1000. The molecule has 1 aromatic carbocycles. The van der Waals surface area contributed by atoms with E-state index in [1.807, 2.05) is 51.6 Å². The quantitative estimate of drug-likeness (QED) is 0.586. The van der Waals surface area contributed by atoms with E-state index in [4.69, 9.17) is 4.74 Å². The molecule has 6 nitrogen and oxygen atoms in total. The number of ether oxygens (including phenoxy) is 1. The molecule has 1 fully saturated rings. The molecule has 7 heteroatoms. The van der Waals surface area contributed by atoms with Crippen LogP contribution in [0.4, 0.5) is 0 Å². The van der Waals surface area contributed by atoms with Crippen LogP contribution in [0.2, 0.25) is 0 Å². The van der Waals surface area contributed by atoms with Gasteiger partial charge in [0.05, 0.1) is 24.5 Å². The van der Waals surface area contributed by atoms with E-state index in [1.165, 1.54) is 0 Å². The Hall–Kier alpha value is -2.67. The summed E-state index contributed by atoms with van der Waals surface area (Å²) in [5.74, 6) is -0.806. The van der Waals surface area contributed by atoms with Gasteiger partial charge in [-0.05, 0) is 48.8 Å². The number of thiophene rings is 1. The smallest absolute Gasteiger partial charge is 0.310 e. The molecule has 2 aliphatic rings. The predicted octanol–water partition coefficient (Wildman–Crippen LogP) is 4.49. The van der Waals surface area contributed by atoms with Crippen LogP contribution in [0.5, 0.6) is 0 Å². The van der Waals surface area contributed by atoms with Crippen LogP contribution in [0.1, 0.15) is 66.4 Å². The van der Waals surface area contributed by atoms with E-state index < -0.39 is 5.92 Å². The van der Waals surface area contributed by atoms with E-state index in [9.17, 15) is 14.4 Å². The van der Waals surface area contributed by atoms with E-state index >= 15 is 0 Å². The van der Waals surface area contributed by atoms with Crippen molar-refractivity contribution in [1.29, 1.82) is 0 Å². The fraction of sp³-hybridized carbons (Fsp3) is 0.500. The topological polar surface area (TPSA) is 66.9 Å². The molecule has 0 radical (unpaired) electrons. The second-order valence-electron chi connectivity index (χ2n) is 9.25. The average molecular weight is 469 g/mol. The van der Waals surface area contributed by atoms with Gasteiger partial charge in [0.15, 0.2) is 0 Å². The van der Waals surface area contributed by atoms with E-state index in [0.717, 1.165) is 23.3 Å². The number of piperidine rings is 1. The van der Waals surface area contributed by atoms with Crippen LogP contribution < -0.4 is 0 Å². The highest BCUT2D eigenvalue weighted by Gasteiger charge is 2.46. The number of esters is 1. The van der Waals surface area contributed by atoms with Crippen molar-refractivity contribution in [2.24, 2.45) is 11.8 Å². The Morgan fingerprint density at radius 2 is 1.97 bits per heavy atom. The minimum absolute atomic E-state index is 0.0175. The first-order valence-corrected chi connectivity index (χ1v) is 12.7. The Labute approximate surface area is 199 Å². The fourth-order valence-corrected chi connectivity index (χ4v) is 5.93. The number of likely N-dealkylation sites (tertiary alicyclic amines) is 1. The largest absolute Gasteiger partial charge is 0.466 e. The maximum Gasteiger partial charge on any atom is 0.310 e. The zero-order valence-corrected chi connectivity index (χ0v) is 20.3. The van der Waals surface area contributed by atoms with Gasteiger partial charge >= 0.3 is 5.97 Å². The third-order valence-corrected chi connectivity index (χ3v) is 7.40. The average Bonchev–Trinajstić information content (AvgIpc) is 3.35. The minimum atomic E-state index is -0.503. The zero-order chi connectivity index (χ0) is 23.5. The van der Waals surface area contributed by atoms with E-state index in [0.29, 0.717) is 31.8 Å². The molecule has 0 spiro atoms. The van der Waals surface area contributed by atoms with Gasteiger partial charge in [0.2, 0.25) is 5.91 Å². The van der Waals surface area contributed by atoms with Crippen molar-refractivity contribution >= 4 is 29.1 Å². The zero-order valence-electron chi connectivity index (χ0n) is 19.5. The van der Waals surface area contributed by atoms with E-state index in [2.05, 4.69) is 13.8 Å². The highest BCUT2D eigenvalue weighted by molar-refractivity contribution is 7.10. The summed E-state index contributed by atoms with van der Waals surface area (Å²) in [5.41, 5.74) is 1.38. The summed E-state index contributed by atoms with van der Waals surface area (Å²) in [6, 6.07) is 11.1. The van der Waals surface area contributed by atoms with Crippen molar-refractivity contribution in [3.63, 3.8) is 0 Å². The van der Waals surface area contributed by atoms with Crippen molar-refractivity contribution in [2.45, 2.75) is 45.6 Å². The van der Waals surface area contributed by atoms with Crippen LogP contribution >= 0.6 is 11.3 Å². The molecule has 0 N–H and O–H groups in total. The molecule has 0 bridgehead atoms. The predicted molar refractivity (Wildman–Crippen MR) is 128 cm³/mol. The molecule has 176 valence electrons. The van der Waals surface area contributed by atoms with Crippen molar-refractivity contribution in [1.82, 2.24) is 9.80 Å². The van der Waals surface area contributed by atoms with Crippen molar-refractivity contribution in [3.8, 4) is 0 Å². The second kappa shape index (κ2) is 10.1. The molecule has 0 aliphatic carbocycles. The second-order valence-corrected chi connectivity index (χ2v) is 10.2. The van der Waals surface area contributed by atoms with E-state index in [1.54, 1.807) is 18.3 Å². The van der Waals surface area contributed by atoms with Gasteiger partial charge in [0, 0.05) is 30.1 Å². The number of fused-ring (bicyclic) bond motifs is 1. The monoisotopic (exact) mass is 468 g/mol. The molecule has 0 unspecified atom stereocenters. The summed E-state index contributed by atoms with van der Waals surface area (Å²) in [6.07, 6.45) is 1.50. The maximum absolute atomic E-state index is 14.1. The number of hydrogen-bond acceptors (Lipinski definition) is 5. The van der Waals surface area contributed by atoms with Gasteiger partial charge in [0.25, 0.3) is 5.91 Å². The third kappa shape index (κ3) is 4.69. The molecule has 1 aromatic heterocycles. The lowest BCUT2D eigenvalue weighted by atomic mass is 9.80. The SMILES string of the molecule is CCOC(=O)[C@@H]1CCCN(C(=O)[C@H]2c3ccccc3C(=O)N(CC(C)C)[C@@H]2c2cccs2)C1. The van der Waals surface area contributed by atoms with E-state index in [-0.39, 0.29) is 35.7 Å². The summed E-state index contributed by atoms with van der Waals surface area (Å²) in [7, 11) is 0. The fourth-order valence-electron chi connectivity index (χ4n) is 5.06. The summed E-state index contributed by atoms with van der Waals surface area (Å²) >= 11 is 1.58. The van der Waals surface area contributed by atoms with Gasteiger partial charge in [0.1, 0.15) is 0 Å². The van der Waals surface area contributed by atoms with Gasteiger partial charge in [-0.3, -0.25) is 14.4 Å². The van der Waals surface area contributed by atoms with Crippen molar-refractivity contribution < 1.29 is 19.1 Å². The number of nitrogens with zero attached hydrogens (tertiary/aromatic N) is 2. The Morgan fingerprint density at radius 1 is 1.18 bits per heavy atom. The highest BCUT2D eigenvalue weighted by atomic mass is 32.1. The number of carbonyl (C=O) groups excluding carboxylic acids is 3. The number of rotatable bonds is 6. The van der Waals surface area contributed by atoms with Crippen LogP contribution in [0.3, 0.4) is 0 Å². The van der Waals surface area contributed by atoms with Gasteiger partial charge < -0.3 is 14.5 Å². The summed E-state index contributed by atoms with van der Waals surface area (Å²) in [6.45, 7) is 7.87. The lowest BCUT2D eigenvalue weighted by Crippen LogP contribution is -2.51. The first-order chi connectivity index (χ1) is 15.9. The number of hydrogen-bond donors (Lipinski definition) is 0. The van der Waals surface area contributed by atoms with Gasteiger partial charge in [-0.15, -0.1) is 11.3 Å². The maximum atomic E-state index is 14.1. The lowest BCUT2D eigenvalue weighted by molar-refractivity contribution is -0.151. The Kier molecular flexibility index (Phi) is 7.17. The standard InChI is InChI=1S/C26H32N2O4S/c1-4-32-26(31)18-9-7-13-27(16-18)25(30)22-19-10-5-6-11-20(19)24(29)28(15-17(2)3)23(22)21-12-8-14-33-21/h5-6,8,10-12,14,17-18,22-23H,4,7,9,13,15-16H2,1-3H3/t18-,22+,23-/m1/s1. The number of amides is 2. The van der Waals surface area contributed by atoms with Crippen LogP contribution in [0.25, 0.3) is 0 Å². The molecule has 1 saturated heterocycles. The summed E-state index contributed by atoms with van der Waals surface area (Å²) < 4.78 is 5.24. The minimum Gasteiger partial charge on any atom is -0.466 e. The highest BCUT2D eigenvalue weighted by Crippen LogP contribution is 2.45. The summed E-state index contributed by atoms with van der Waals surface area (Å²) in [4.78, 5) is 44.8. The molecule has 2 aromatic rings. The molecule has 0 saturated carbocycles. The Balaban J connectivity index is 1.74. The van der Waals surface area contributed by atoms with Gasteiger partial charge in [-0.2, -0.15) is 0 Å². The lowest BCUT2D eigenvalue weighted by Gasteiger charge is -2.44. The molecule has 2 amide bonds. The number of carbonyl (C=O) groups is 3. The molecule has 33 heavy (non-hydrogen) atoms. The van der Waals surface area contributed by atoms with Crippen LogP contribution in [0, 0.1) is 11.8 Å². The molecule has 3 heterocycles. The summed E-state index contributed by atoms with van der Waals surface area (Å²) in [5, 5.41) is 1.99. The first-order valence-electron chi connectivity index (χ1n) is 11.8. The van der Waals surface area contributed by atoms with Crippen LogP contribution in [0.15, 0.2) is 41.8 Å². The van der Waals surface area contributed by atoms with Gasteiger partial charge in [-0.25, -0.2) is 0 Å².